The Bertz CT molecular complexity index is 4400. The van der Waals surface area contributed by atoms with Gasteiger partial charge in [-0.25, -0.2) is 0 Å². The predicted molar refractivity (Wildman–Crippen MR) is 338 cm³/mol. The van der Waals surface area contributed by atoms with Crippen LogP contribution in [0.25, 0.3) is 44.5 Å². The number of benzene rings is 13. The van der Waals surface area contributed by atoms with Gasteiger partial charge in [-0.2, -0.15) is 0 Å². The molecular formula is C81H55N. The fraction of sp³-hybridized carbons (Fsp3) is 0.0370. The highest BCUT2D eigenvalue weighted by atomic mass is 15.1. The fourth-order valence-corrected chi connectivity index (χ4v) is 15.1. The Kier molecular flexibility index (Phi) is 11.0. The number of anilines is 3. The summed E-state index contributed by atoms with van der Waals surface area (Å²) >= 11 is 0. The second kappa shape index (κ2) is 18.9. The molecule has 0 heterocycles. The number of fused-ring (bicyclic) bond motifs is 9. The molecule has 0 bridgehead atoms. The number of hydrogen-bond acceptors (Lipinski definition) is 1. The highest BCUT2D eigenvalue weighted by Crippen LogP contribution is 2.61. The lowest BCUT2D eigenvalue weighted by molar-refractivity contribution is 0.768. The third-order valence-electron chi connectivity index (χ3n) is 18.3. The van der Waals surface area contributed by atoms with Crippen LogP contribution in [-0.4, -0.2) is 0 Å². The van der Waals surface area contributed by atoms with Crippen molar-refractivity contribution in [3.05, 3.63) is 400 Å². The molecule has 82 heavy (non-hydrogen) atoms. The lowest BCUT2D eigenvalue weighted by atomic mass is 9.67. The van der Waals surface area contributed by atoms with Gasteiger partial charge in [0.2, 0.25) is 0 Å². The number of hydrogen-bond donors (Lipinski definition) is 0. The standard InChI is InChI=1S/C81H55N/c1-6-25-58(26-7-1)79(71-39-20-16-35-66(71)67-36-17-21-40-72(67)79)63-48-52-65(53-49-63)82(77-44-24-43-75-78(77)70-38-19-23-42-74(70)80(75,59-27-8-2-9-28-59)60-29-10-3-11-30-60)64-50-45-56(46-51-64)57-47-54-69-68-37-18-22-41-73(68)81(76(69)55-57,61-31-12-4-13-32-61)62-33-14-5-15-34-62/h1-55H. The van der Waals surface area contributed by atoms with Gasteiger partial charge in [-0.3, -0.25) is 0 Å². The minimum atomic E-state index is -0.558. The zero-order chi connectivity index (χ0) is 54.2. The van der Waals surface area contributed by atoms with Gasteiger partial charge in [-0.1, -0.05) is 297 Å². The lowest BCUT2D eigenvalue weighted by Crippen LogP contribution is -2.28. The fourth-order valence-electron chi connectivity index (χ4n) is 15.1. The van der Waals surface area contributed by atoms with Crippen molar-refractivity contribution >= 4 is 17.1 Å². The Morgan fingerprint density at radius 1 is 0.195 bits per heavy atom. The minimum Gasteiger partial charge on any atom is -0.310 e. The molecule has 0 fully saturated rings. The first-order valence-corrected chi connectivity index (χ1v) is 28.7. The van der Waals surface area contributed by atoms with Crippen LogP contribution in [0, 0.1) is 0 Å². The predicted octanol–water partition coefficient (Wildman–Crippen LogP) is 19.9. The number of nitrogens with zero attached hydrogens (tertiary/aromatic N) is 1. The molecule has 1 heteroatoms. The molecule has 0 radical (unpaired) electrons. The highest BCUT2D eigenvalue weighted by Gasteiger charge is 2.49. The third-order valence-corrected chi connectivity index (χ3v) is 18.3. The lowest BCUT2D eigenvalue weighted by Gasteiger charge is -2.35. The summed E-state index contributed by atoms with van der Waals surface area (Å²) in [5.41, 5.74) is 26.9. The van der Waals surface area contributed by atoms with E-state index in [0.29, 0.717) is 0 Å². The average molecular weight is 1040 g/mol. The van der Waals surface area contributed by atoms with Crippen molar-refractivity contribution in [2.24, 2.45) is 0 Å². The molecule has 0 aromatic heterocycles. The van der Waals surface area contributed by atoms with E-state index in [1.807, 2.05) is 0 Å². The van der Waals surface area contributed by atoms with Crippen LogP contribution in [0.15, 0.2) is 334 Å². The molecule has 3 aliphatic carbocycles. The molecule has 13 aromatic carbocycles. The van der Waals surface area contributed by atoms with Crippen LogP contribution in [0.1, 0.15) is 66.8 Å². The van der Waals surface area contributed by atoms with E-state index in [2.05, 4.69) is 339 Å². The van der Waals surface area contributed by atoms with Crippen LogP contribution < -0.4 is 4.90 Å². The van der Waals surface area contributed by atoms with Gasteiger partial charge >= 0.3 is 0 Å². The van der Waals surface area contributed by atoms with Gasteiger partial charge in [-0.05, 0) is 142 Å². The molecule has 3 aliphatic rings. The molecule has 0 saturated heterocycles. The zero-order valence-corrected chi connectivity index (χ0v) is 45.2. The summed E-state index contributed by atoms with van der Waals surface area (Å²) in [6.07, 6.45) is 0. The van der Waals surface area contributed by atoms with Crippen LogP contribution in [-0.2, 0) is 16.2 Å². The van der Waals surface area contributed by atoms with E-state index < -0.39 is 16.2 Å². The topological polar surface area (TPSA) is 3.24 Å². The van der Waals surface area contributed by atoms with E-state index in [0.717, 1.165) is 22.6 Å². The van der Waals surface area contributed by atoms with E-state index in [9.17, 15) is 0 Å². The molecule has 16 rings (SSSR count). The normalized spacial score (nSPS) is 14.1. The molecule has 0 amide bonds. The van der Waals surface area contributed by atoms with E-state index in [1.165, 1.54) is 106 Å². The first-order valence-electron chi connectivity index (χ1n) is 28.7. The summed E-state index contributed by atoms with van der Waals surface area (Å²) in [5, 5.41) is 0. The van der Waals surface area contributed by atoms with Crippen LogP contribution in [0.2, 0.25) is 0 Å². The highest BCUT2D eigenvalue weighted by molar-refractivity contribution is 5.98. The van der Waals surface area contributed by atoms with Crippen LogP contribution >= 0.6 is 0 Å². The zero-order valence-electron chi connectivity index (χ0n) is 45.2. The summed E-state index contributed by atoms with van der Waals surface area (Å²) in [6, 6.07) is 125. The molecule has 1 nitrogen and oxygen atoms in total. The van der Waals surface area contributed by atoms with Gasteiger partial charge in [0.05, 0.1) is 21.9 Å². The van der Waals surface area contributed by atoms with Gasteiger partial charge in [0, 0.05) is 16.9 Å². The molecule has 0 saturated carbocycles. The largest absolute Gasteiger partial charge is 0.310 e. The minimum absolute atomic E-state index is 0.492. The Labute approximate surface area is 480 Å². The Hall–Kier alpha value is -10.3. The van der Waals surface area contributed by atoms with Crippen molar-refractivity contribution < 1.29 is 0 Å². The van der Waals surface area contributed by atoms with Crippen molar-refractivity contribution in [2.75, 3.05) is 4.90 Å². The molecule has 0 N–H and O–H groups in total. The summed E-state index contributed by atoms with van der Waals surface area (Å²) < 4.78 is 0. The van der Waals surface area contributed by atoms with Crippen molar-refractivity contribution in [3.63, 3.8) is 0 Å². The maximum Gasteiger partial charge on any atom is 0.0714 e. The summed E-state index contributed by atoms with van der Waals surface area (Å²) in [5.74, 6) is 0. The number of rotatable bonds is 10. The summed E-state index contributed by atoms with van der Waals surface area (Å²) in [6.45, 7) is 0. The Morgan fingerprint density at radius 2 is 0.500 bits per heavy atom. The van der Waals surface area contributed by atoms with Crippen molar-refractivity contribution in [3.8, 4) is 44.5 Å². The summed E-state index contributed by atoms with van der Waals surface area (Å²) in [7, 11) is 0. The maximum absolute atomic E-state index is 2.51. The first kappa shape index (κ1) is 47.6. The van der Waals surface area contributed by atoms with Crippen LogP contribution in [0.3, 0.4) is 0 Å². The Morgan fingerprint density at radius 3 is 0.939 bits per heavy atom. The second-order valence-electron chi connectivity index (χ2n) is 22.2. The first-order chi connectivity index (χ1) is 40.7. The van der Waals surface area contributed by atoms with Crippen LogP contribution in [0.4, 0.5) is 17.1 Å². The molecule has 0 atom stereocenters. The molecule has 0 spiro atoms. The van der Waals surface area contributed by atoms with Crippen molar-refractivity contribution in [2.45, 2.75) is 16.2 Å². The molecule has 0 aliphatic heterocycles. The third kappa shape index (κ3) is 6.74. The van der Waals surface area contributed by atoms with Crippen LogP contribution in [0.5, 0.6) is 0 Å². The Balaban J connectivity index is 0.900. The monoisotopic (exact) mass is 1040 g/mol. The quantitative estimate of drug-likeness (QED) is 0.132. The van der Waals surface area contributed by atoms with Gasteiger partial charge in [-0.15, -0.1) is 0 Å². The SMILES string of the molecule is c1ccc(C2(c3ccc(N(c4ccc(-c5ccc6c(c5)C(c5ccccc5)(c5ccccc5)c5ccccc5-6)cc4)c4cccc5c4-c4ccccc4C5(c4ccccc4)c4ccccc4)cc3)c3ccccc3-c3ccccc32)cc1. The second-order valence-corrected chi connectivity index (χ2v) is 22.2. The summed E-state index contributed by atoms with van der Waals surface area (Å²) in [4.78, 5) is 2.51. The van der Waals surface area contributed by atoms with E-state index in [-0.39, 0.29) is 0 Å². The molecular weight excluding hydrogens is 987 g/mol. The smallest absolute Gasteiger partial charge is 0.0714 e. The molecule has 384 valence electrons. The molecule has 0 unspecified atom stereocenters. The van der Waals surface area contributed by atoms with E-state index >= 15 is 0 Å². The average Bonchev–Trinajstić information content (AvgIpc) is 3.21. The van der Waals surface area contributed by atoms with E-state index in [4.69, 9.17) is 0 Å². The van der Waals surface area contributed by atoms with Gasteiger partial charge in [0.15, 0.2) is 0 Å². The van der Waals surface area contributed by atoms with Crippen molar-refractivity contribution in [1.29, 1.82) is 0 Å². The van der Waals surface area contributed by atoms with Gasteiger partial charge in [0.1, 0.15) is 0 Å². The van der Waals surface area contributed by atoms with E-state index in [1.54, 1.807) is 0 Å². The maximum atomic E-state index is 2.51. The van der Waals surface area contributed by atoms with Gasteiger partial charge in [0.25, 0.3) is 0 Å². The van der Waals surface area contributed by atoms with Crippen molar-refractivity contribution in [1.82, 2.24) is 0 Å². The van der Waals surface area contributed by atoms with Gasteiger partial charge < -0.3 is 4.90 Å². The molecule has 13 aromatic rings.